The molecule has 0 aromatic carbocycles. The van der Waals surface area contributed by atoms with Gasteiger partial charge in [-0.3, -0.25) is 4.68 Å². The van der Waals surface area contributed by atoms with Crippen LogP contribution in [0.15, 0.2) is 0 Å². The Balaban J connectivity index is 2.20. The molecule has 102 valence electrons. The Bertz CT molecular complexity index is 434. The van der Waals surface area contributed by atoms with Crippen LogP contribution in [0.1, 0.15) is 44.5 Å². The predicted molar refractivity (Wildman–Crippen MR) is 72.7 cm³/mol. The van der Waals surface area contributed by atoms with Gasteiger partial charge in [-0.2, -0.15) is 5.10 Å². The minimum Gasteiger partial charge on any atom is -0.486 e. The van der Waals surface area contributed by atoms with E-state index in [-0.39, 0.29) is 17.6 Å². The van der Waals surface area contributed by atoms with Gasteiger partial charge in [0, 0.05) is 24.9 Å². The SMILES string of the molecule is CCC1(CC)C(N)CC1Oc1c(C)nn(C)c1C. The summed E-state index contributed by atoms with van der Waals surface area (Å²) >= 11 is 0. The molecule has 2 unspecified atom stereocenters. The number of rotatable bonds is 4. The molecule has 2 rings (SSSR count). The van der Waals surface area contributed by atoms with Crippen molar-refractivity contribution < 1.29 is 4.74 Å². The lowest BCUT2D eigenvalue weighted by molar-refractivity contribution is -0.0728. The van der Waals surface area contributed by atoms with E-state index >= 15 is 0 Å². The molecule has 0 spiro atoms. The monoisotopic (exact) mass is 251 g/mol. The molecule has 1 aromatic heterocycles. The highest BCUT2D eigenvalue weighted by Crippen LogP contribution is 2.48. The van der Waals surface area contributed by atoms with Crippen LogP contribution >= 0.6 is 0 Å². The second-order valence-corrected chi connectivity index (χ2v) is 5.51. The number of aryl methyl sites for hydroxylation is 2. The first-order valence-electron chi connectivity index (χ1n) is 6.88. The average molecular weight is 251 g/mol. The number of hydrogen-bond donors (Lipinski definition) is 1. The summed E-state index contributed by atoms with van der Waals surface area (Å²) < 4.78 is 8.12. The number of hydrogen-bond acceptors (Lipinski definition) is 3. The van der Waals surface area contributed by atoms with Gasteiger partial charge in [-0.25, -0.2) is 0 Å². The van der Waals surface area contributed by atoms with Gasteiger partial charge in [-0.05, 0) is 26.7 Å². The van der Waals surface area contributed by atoms with Crippen LogP contribution in [0.2, 0.25) is 0 Å². The van der Waals surface area contributed by atoms with Crippen LogP contribution in [-0.4, -0.2) is 21.9 Å². The lowest BCUT2D eigenvalue weighted by Gasteiger charge is -2.53. The van der Waals surface area contributed by atoms with Crippen LogP contribution in [0.4, 0.5) is 0 Å². The van der Waals surface area contributed by atoms with Crippen molar-refractivity contribution in [3.05, 3.63) is 11.4 Å². The molecular formula is C14H25N3O. The number of nitrogens with zero attached hydrogens (tertiary/aromatic N) is 2. The molecule has 4 heteroatoms. The van der Waals surface area contributed by atoms with Gasteiger partial charge in [0.1, 0.15) is 11.8 Å². The first-order valence-corrected chi connectivity index (χ1v) is 6.88. The predicted octanol–water partition coefficient (Wildman–Crippen LogP) is 2.32. The summed E-state index contributed by atoms with van der Waals surface area (Å²) in [7, 11) is 1.95. The highest BCUT2D eigenvalue weighted by Gasteiger charge is 2.52. The van der Waals surface area contributed by atoms with E-state index in [1.54, 1.807) is 0 Å². The van der Waals surface area contributed by atoms with Crippen molar-refractivity contribution in [1.82, 2.24) is 9.78 Å². The van der Waals surface area contributed by atoms with Crippen LogP contribution in [0, 0.1) is 19.3 Å². The van der Waals surface area contributed by atoms with Crippen molar-refractivity contribution in [3.8, 4) is 5.75 Å². The van der Waals surface area contributed by atoms with Crippen molar-refractivity contribution in [2.24, 2.45) is 18.2 Å². The highest BCUT2D eigenvalue weighted by atomic mass is 16.5. The van der Waals surface area contributed by atoms with Crippen molar-refractivity contribution in [2.75, 3.05) is 0 Å². The van der Waals surface area contributed by atoms with Gasteiger partial charge < -0.3 is 10.5 Å². The minimum absolute atomic E-state index is 0.148. The van der Waals surface area contributed by atoms with Crippen LogP contribution in [0.3, 0.4) is 0 Å². The maximum absolute atomic E-state index is 6.24. The molecule has 1 aliphatic carbocycles. The zero-order valence-electron chi connectivity index (χ0n) is 12.2. The second kappa shape index (κ2) is 4.57. The fourth-order valence-electron chi connectivity index (χ4n) is 3.24. The first kappa shape index (κ1) is 13.4. The third-order valence-electron chi connectivity index (χ3n) is 4.87. The zero-order chi connectivity index (χ0) is 13.5. The van der Waals surface area contributed by atoms with E-state index < -0.39 is 0 Å². The third kappa shape index (κ3) is 1.74. The molecule has 0 radical (unpaired) electrons. The van der Waals surface area contributed by atoms with Crippen LogP contribution in [-0.2, 0) is 7.05 Å². The van der Waals surface area contributed by atoms with Crippen molar-refractivity contribution >= 4 is 0 Å². The summed E-state index contributed by atoms with van der Waals surface area (Å²) in [4.78, 5) is 0. The fourth-order valence-corrected chi connectivity index (χ4v) is 3.24. The molecule has 0 aliphatic heterocycles. The van der Waals surface area contributed by atoms with E-state index in [0.29, 0.717) is 0 Å². The van der Waals surface area contributed by atoms with Gasteiger partial charge in [-0.1, -0.05) is 13.8 Å². The maximum atomic E-state index is 6.24. The van der Waals surface area contributed by atoms with E-state index in [4.69, 9.17) is 10.5 Å². The summed E-state index contributed by atoms with van der Waals surface area (Å²) in [6, 6.07) is 0.273. The van der Waals surface area contributed by atoms with Crippen LogP contribution in [0.5, 0.6) is 5.75 Å². The molecule has 2 atom stereocenters. The van der Waals surface area contributed by atoms with E-state index in [1.807, 2.05) is 25.6 Å². The molecule has 0 amide bonds. The van der Waals surface area contributed by atoms with E-state index in [0.717, 1.165) is 36.4 Å². The molecule has 1 heterocycles. The van der Waals surface area contributed by atoms with Gasteiger partial charge in [0.15, 0.2) is 5.75 Å². The third-order valence-corrected chi connectivity index (χ3v) is 4.87. The molecule has 1 aromatic rings. The normalized spacial score (nSPS) is 25.9. The molecule has 4 nitrogen and oxygen atoms in total. The lowest BCUT2D eigenvalue weighted by atomic mass is 9.59. The quantitative estimate of drug-likeness (QED) is 0.893. The summed E-state index contributed by atoms with van der Waals surface area (Å²) in [6.45, 7) is 8.47. The van der Waals surface area contributed by atoms with E-state index in [1.165, 1.54) is 0 Å². The zero-order valence-corrected chi connectivity index (χ0v) is 12.2. The van der Waals surface area contributed by atoms with Crippen molar-refractivity contribution in [2.45, 2.75) is 59.1 Å². The van der Waals surface area contributed by atoms with Crippen molar-refractivity contribution in [1.29, 1.82) is 0 Å². The number of nitrogens with two attached hydrogens (primary N) is 1. The van der Waals surface area contributed by atoms with Gasteiger partial charge in [0.05, 0.1) is 5.69 Å². The van der Waals surface area contributed by atoms with Gasteiger partial charge in [0.2, 0.25) is 0 Å². The van der Waals surface area contributed by atoms with E-state index in [9.17, 15) is 0 Å². The molecule has 1 fully saturated rings. The topological polar surface area (TPSA) is 53.1 Å². The van der Waals surface area contributed by atoms with E-state index in [2.05, 4.69) is 18.9 Å². The largest absolute Gasteiger partial charge is 0.486 e. The molecule has 1 saturated carbocycles. The highest BCUT2D eigenvalue weighted by molar-refractivity contribution is 5.32. The standard InChI is InChI=1S/C14H25N3O/c1-6-14(7-2)11(15)8-12(14)18-13-9(3)16-17(5)10(13)4/h11-12H,6-8,15H2,1-5H3. The Labute approximate surface area is 110 Å². The molecule has 18 heavy (non-hydrogen) atoms. The van der Waals surface area contributed by atoms with Gasteiger partial charge in [-0.15, -0.1) is 0 Å². The number of aromatic nitrogens is 2. The van der Waals surface area contributed by atoms with Gasteiger partial charge in [0.25, 0.3) is 0 Å². The van der Waals surface area contributed by atoms with Crippen LogP contribution in [0.25, 0.3) is 0 Å². The molecule has 0 saturated heterocycles. The summed E-state index contributed by atoms with van der Waals surface area (Å²) in [6.07, 6.45) is 3.35. The van der Waals surface area contributed by atoms with Crippen LogP contribution < -0.4 is 10.5 Å². The Hall–Kier alpha value is -1.03. The minimum atomic E-state index is 0.148. The molecular weight excluding hydrogens is 226 g/mol. The first-order chi connectivity index (χ1) is 8.46. The smallest absolute Gasteiger partial charge is 0.163 e. The molecule has 2 N–H and O–H groups in total. The Morgan fingerprint density at radius 3 is 2.39 bits per heavy atom. The Morgan fingerprint density at radius 1 is 1.39 bits per heavy atom. The number of ether oxygens (including phenoxy) is 1. The molecule has 1 aliphatic rings. The Morgan fingerprint density at radius 2 is 2.00 bits per heavy atom. The molecule has 0 bridgehead atoms. The summed E-state index contributed by atoms with van der Waals surface area (Å²) in [5.41, 5.74) is 8.41. The summed E-state index contributed by atoms with van der Waals surface area (Å²) in [5.74, 6) is 0.945. The van der Waals surface area contributed by atoms with Gasteiger partial charge >= 0.3 is 0 Å². The van der Waals surface area contributed by atoms with Crippen molar-refractivity contribution in [3.63, 3.8) is 0 Å². The summed E-state index contributed by atoms with van der Waals surface area (Å²) in [5, 5.41) is 4.40. The average Bonchev–Trinajstić information content (AvgIpc) is 2.56. The lowest BCUT2D eigenvalue weighted by Crippen LogP contribution is -2.63. The fraction of sp³-hybridized carbons (Fsp3) is 0.786. The maximum Gasteiger partial charge on any atom is 0.163 e. The second-order valence-electron chi connectivity index (χ2n) is 5.51. The Kier molecular flexibility index (Phi) is 3.41.